The van der Waals surface area contributed by atoms with Crippen LogP contribution in [0.5, 0.6) is 0 Å². The number of hydrogen-bond donors (Lipinski definition) is 1. The first-order valence-corrected chi connectivity index (χ1v) is 9.49. The zero-order valence-electron chi connectivity index (χ0n) is 14.9. The number of piperidine rings is 1. The summed E-state index contributed by atoms with van der Waals surface area (Å²) in [5.74, 6) is 1.10. The maximum absolute atomic E-state index is 12.6. The highest BCUT2D eigenvalue weighted by atomic mass is 16.2. The van der Waals surface area contributed by atoms with E-state index >= 15 is 0 Å². The van der Waals surface area contributed by atoms with E-state index in [9.17, 15) is 4.79 Å². The fourth-order valence-corrected chi connectivity index (χ4v) is 4.03. The molecule has 3 rings (SSSR count). The van der Waals surface area contributed by atoms with E-state index < -0.39 is 0 Å². The van der Waals surface area contributed by atoms with Crippen LogP contribution in [0.15, 0.2) is 30.3 Å². The molecule has 1 amide bonds. The van der Waals surface area contributed by atoms with Crippen LogP contribution in [0.25, 0.3) is 0 Å². The summed E-state index contributed by atoms with van der Waals surface area (Å²) in [6, 6.07) is 10.9. The van der Waals surface area contributed by atoms with Gasteiger partial charge >= 0.3 is 0 Å². The Hall–Kier alpha value is -1.39. The molecule has 1 N–H and O–H groups in total. The smallest absolute Gasteiger partial charge is 0.222 e. The second-order valence-electron chi connectivity index (χ2n) is 7.39. The van der Waals surface area contributed by atoms with Crippen LogP contribution in [0, 0.1) is 5.92 Å². The topological polar surface area (TPSA) is 35.6 Å². The van der Waals surface area contributed by atoms with Crippen molar-refractivity contribution in [1.29, 1.82) is 0 Å². The highest BCUT2D eigenvalue weighted by Crippen LogP contribution is 2.20. The molecule has 24 heavy (non-hydrogen) atoms. The van der Waals surface area contributed by atoms with Crippen molar-refractivity contribution in [3.8, 4) is 0 Å². The molecule has 132 valence electrons. The predicted octanol–water partition coefficient (Wildman–Crippen LogP) is 2.50. The molecule has 2 heterocycles. The Morgan fingerprint density at radius 2 is 1.92 bits per heavy atom. The van der Waals surface area contributed by atoms with Crippen LogP contribution < -0.4 is 5.32 Å². The first-order chi connectivity index (χ1) is 11.7. The largest absolute Gasteiger partial charge is 0.337 e. The zero-order chi connectivity index (χ0) is 16.8. The molecule has 2 fully saturated rings. The van der Waals surface area contributed by atoms with E-state index in [-0.39, 0.29) is 0 Å². The Labute approximate surface area is 146 Å². The molecule has 0 aromatic heterocycles. The summed E-state index contributed by atoms with van der Waals surface area (Å²) < 4.78 is 0. The van der Waals surface area contributed by atoms with E-state index in [0.717, 1.165) is 58.0 Å². The lowest BCUT2D eigenvalue weighted by Crippen LogP contribution is -2.53. The molecule has 0 radical (unpaired) electrons. The Morgan fingerprint density at radius 1 is 1.17 bits per heavy atom. The van der Waals surface area contributed by atoms with Crippen LogP contribution in [-0.4, -0.2) is 54.5 Å². The van der Waals surface area contributed by atoms with E-state index in [1.807, 2.05) is 0 Å². The van der Waals surface area contributed by atoms with Gasteiger partial charge in [-0.1, -0.05) is 30.3 Å². The number of carbonyl (C=O) groups is 1. The fourth-order valence-electron chi connectivity index (χ4n) is 4.03. The van der Waals surface area contributed by atoms with Gasteiger partial charge in [0.2, 0.25) is 5.91 Å². The molecule has 4 heteroatoms. The highest BCUT2D eigenvalue weighted by molar-refractivity contribution is 5.76. The standard InChI is InChI=1S/C20H31N3O/c1-17-15-22(16-19-5-3-2-4-6-19)13-14-23(17)20(24)8-7-18-9-11-21-12-10-18/h2-6,17-18,21H,7-16H2,1H3. The second-order valence-corrected chi connectivity index (χ2v) is 7.39. The van der Waals surface area contributed by atoms with Crippen LogP contribution in [0.3, 0.4) is 0 Å². The average molecular weight is 329 g/mol. The van der Waals surface area contributed by atoms with Gasteiger partial charge in [0.15, 0.2) is 0 Å². The monoisotopic (exact) mass is 329 g/mol. The van der Waals surface area contributed by atoms with E-state index in [1.54, 1.807) is 0 Å². The van der Waals surface area contributed by atoms with Gasteiger partial charge in [-0.2, -0.15) is 0 Å². The third kappa shape index (κ3) is 4.81. The van der Waals surface area contributed by atoms with Crippen LogP contribution >= 0.6 is 0 Å². The molecule has 1 aromatic carbocycles. The van der Waals surface area contributed by atoms with Gasteiger partial charge in [0.25, 0.3) is 0 Å². The van der Waals surface area contributed by atoms with E-state index in [1.165, 1.54) is 18.4 Å². The van der Waals surface area contributed by atoms with E-state index in [2.05, 4.69) is 52.4 Å². The molecule has 0 spiro atoms. The first kappa shape index (κ1) is 17.4. The average Bonchev–Trinajstić information content (AvgIpc) is 2.61. The molecule has 0 bridgehead atoms. The van der Waals surface area contributed by atoms with Crippen molar-refractivity contribution in [1.82, 2.24) is 15.1 Å². The van der Waals surface area contributed by atoms with Gasteiger partial charge in [0, 0.05) is 38.6 Å². The summed E-state index contributed by atoms with van der Waals surface area (Å²) in [6.45, 7) is 8.26. The van der Waals surface area contributed by atoms with Gasteiger partial charge in [-0.15, -0.1) is 0 Å². The molecule has 4 nitrogen and oxygen atoms in total. The number of carbonyl (C=O) groups excluding carboxylic acids is 1. The van der Waals surface area contributed by atoms with Crippen LogP contribution in [0.1, 0.15) is 38.2 Å². The van der Waals surface area contributed by atoms with Crippen LogP contribution in [0.2, 0.25) is 0 Å². The molecule has 2 aliphatic rings. The molecule has 2 saturated heterocycles. The molecule has 1 aromatic rings. The molecular formula is C20H31N3O. The van der Waals surface area contributed by atoms with Crippen molar-refractivity contribution in [3.05, 3.63) is 35.9 Å². The van der Waals surface area contributed by atoms with Gasteiger partial charge in [-0.05, 0) is 50.8 Å². The number of nitrogens with zero attached hydrogens (tertiary/aromatic N) is 2. The zero-order valence-corrected chi connectivity index (χ0v) is 14.9. The Balaban J connectivity index is 1.43. The van der Waals surface area contributed by atoms with Gasteiger partial charge in [0.05, 0.1) is 0 Å². The lowest BCUT2D eigenvalue weighted by atomic mass is 9.93. The summed E-state index contributed by atoms with van der Waals surface area (Å²) in [7, 11) is 0. The van der Waals surface area contributed by atoms with Crippen molar-refractivity contribution in [2.75, 3.05) is 32.7 Å². The minimum Gasteiger partial charge on any atom is -0.337 e. The Bertz CT molecular complexity index is 513. The lowest BCUT2D eigenvalue weighted by Gasteiger charge is -2.40. The van der Waals surface area contributed by atoms with Gasteiger partial charge in [-0.3, -0.25) is 9.69 Å². The van der Waals surface area contributed by atoms with Gasteiger partial charge in [0.1, 0.15) is 0 Å². The van der Waals surface area contributed by atoms with E-state index in [0.29, 0.717) is 11.9 Å². The predicted molar refractivity (Wildman–Crippen MR) is 97.7 cm³/mol. The number of nitrogens with one attached hydrogen (secondary N) is 1. The van der Waals surface area contributed by atoms with E-state index in [4.69, 9.17) is 0 Å². The molecule has 2 aliphatic heterocycles. The lowest BCUT2D eigenvalue weighted by molar-refractivity contribution is -0.136. The molecule has 1 unspecified atom stereocenters. The number of rotatable bonds is 5. The van der Waals surface area contributed by atoms with Crippen molar-refractivity contribution in [2.24, 2.45) is 5.92 Å². The summed E-state index contributed by atoms with van der Waals surface area (Å²) in [5.41, 5.74) is 1.36. The minimum absolute atomic E-state index is 0.322. The third-order valence-corrected chi connectivity index (χ3v) is 5.51. The summed E-state index contributed by atoms with van der Waals surface area (Å²) in [6.07, 6.45) is 4.26. The van der Waals surface area contributed by atoms with Gasteiger partial charge < -0.3 is 10.2 Å². The SMILES string of the molecule is CC1CN(Cc2ccccc2)CCN1C(=O)CCC1CCNCC1. The quantitative estimate of drug-likeness (QED) is 0.901. The van der Waals surface area contributed by atoms with Crippen LogP contribution in [0.4, 0.5) is 0 Å². The maximum Gasteiger partial charge on any atom is 0.222 e. The molecule has 0 aliphatic carbocycles. The molecule has 0 saturated carbocycles. The van der Waals surface area contributed by atoms with Crippen LogP contribution in [-0.2, 0) is 11.3 Å². The number of hydrogen-bond acceptors (Lipinski definition) is 3. The van der Waals surface area contributed by atoms with Crippen molar-refractivity contribution in [2.45, 2.75) is 45.2 Å². The van der Waals surface area contributed by atoms with Gasteiger partial charge in [-0.25, -0.2) is 0 Å². The Morgan fingerprint density at radius 3 is 2.62 bits per heavy atom. The second kappa shape index (κ2) is 8.63. The number of piperazine rings is 1. The highest BCUT2D eigenvalue weighted by Gasteiger charge is 2.27. The number of benzene rings is 1. The number of amides is 1. The fraction of sp³-hybridized carbons (Fsp3) is 0.650. The molecular weight excluding hydrogens is 298 g/mol. The maximum atomic E-state index is 12.6. The summed E-state index contributed by atoms with van der Waals surface area (Å²) >= 11 is 0. The minimum atomic E-state index is 0.322. The summed E-state index contributed by atoms with van der Waals surface area (Å²) in [5, 5.41) is 3.40. The third-order valence-electron chi connectivity index (χ3n) is 5.51. The summed E-state index contributed by atoms with van der Waals surface area (Å²) in [4.78, 5) is 17.2. The van der Waals surface area contributed by atoms with Crippen molar-refractivity contribution >= 4 is 5.91 Å². The molecule has 1 atom stereocenters. The van der Waals surface area contributed by atoms with Crippen molar-refractivity contribution < 1.29 is 4.79 Å². The normalized spacial score (nSPS) is 23.4. The van der Waals surface area contributed by atoms with Crippen molar-refractivity contribution in [3.63, 3.8) is 0 Å². The first-order valence-electron chi connectivity index (χ1n) is 9.49. The Kier molecular flexibility index (Phi) is 6.27.